The Hall–Kier alpha value is -2.24. The van der Waals surface area contributed by atoms with Crippen LogP contribution in [0.3, 0.4) is 0 Å². The molecular weight excluding hydrogens is 274 g/mol. The Balaban J connectivity index is 2.29. The van der Waals surface area contributed by atoms with E-state index >= 15 is 0 Å². The predicted molar refractivity (Wildman–Crippen MR) is 75.2 cm³/mol. The minimum atomic E-state index is -0.727. The number of hydrogen-bond acceptors (Lipinski definition) is 5. The molecule has 21 heavy (non-hydrogen) atoms. The molecule has 0 spiro atoms. The fourth-order valence-electron chi connectivity index (χ4n) is 2.52. The maximum absolute atomic E-state index is 12.1. The molecule has 1 heterocycles. The van der Waals surface area contributed by atoms with Crippen LogP contribution in [0, 0.1) is 0 Å². The number of rotatable bonds is 4. The number of esters is 1. The van der Waals surface area contributed by atoms with Crippen LogP contribution in [0.2, 0.25) is 0 Å². The van der Waals surface area contributed by atoms with Crippen LogP contribution in [-0.4, -0.2) is 44.1 Å². The van der Waals surface area contributed by atoms with E-state index < -0.39 is 12.1 Å². The summed E-state index contributed by atoms with van der Waals surface area (Å²) in [6, 6.07) is 5.30. The Morgan fingerprint density at radius 3 is 2.24 bits per heavy atom. The van der Waals surface area contributed by atoms with Crippen molar-refractivity contribution in [1.29, 1.82) is 0 Å². The van der Waals surface area contributed by atoms with Gasteiger partial charge in [-0.25, -0.2) is 0 Å². The molecule has 0 saturated carbocycles. The van der Waals surface area contributed by atoms with Crippen LogP contribution in [0.5, 0.6) is 11.5 Å². The second-order valence-corrected chi connectivity index (χ2v) is 4.94. The summed E-state index contributed by atoms with van der Waals surface area (Å²) in [6.45, 7) is 1.30. The van der Waals surface area contributed by atoms with Gasteiger partial charge in [-0.2, -0.15) is 0 Å². The normalized spacial score (nSPS) is 21.3. The van der Waals surface area contributed by atoms with Crippen LogP contribution < -0.4 is 9.47 Å². The topological polar surface area (TPSA) is 65.1 Å². The van der Waals surface area contributed by atoms with Gasteiger partial charge in [-0.05, 0) is 17.7 Å². The van der Waals surface area contributed by atoms with Crippen molar-refractivity contribution >= 4 is 11.9 Å². The quantitative estimate of drug-likeness (QED) is 0.788. The lowest BCUT2D eigenvalue weighted by molar-refractivity contribution is -0.153. The number of ether oxygens (including phenoxy) is 3. The van der Waals surface area contributed by atoms with Crippen molar-refractivity contribution in [2.75, 3.05) is 21.3 Å². The molecule has 0 N–H and O–H groups in total. The monoisotopic (exact) mass is 293 g/mol. The Bertz CT molecular complexity index is 535. The largest absolute Gasteiger partial charge is 0.497 e. The molecule has 2 rings (SSSR count). The van der Waals surface area contributed by atoms with Gasteiger partial charge in [-0.1, -0.05) is 0 Å². The van der Waals surface area contributed by atoms with Gasteiger partial charge in [0.2, 0.25) is 0 Å². The number of likely N-dealkylation sites (N-methyl/N-ethyl adjacent to an activating group) is 1. The molecule has 1 saturated heterocycles. The zero-order valence-corrected chi connectivity index (χ0v) is 12.6. The third-order valence-electron chi connectivity index (χ3n) is 3.59. The Kier molecular flexibility index (Phi) is 4.35. The third kappa shape index (κ3) is 3.09. The highest BCUT2D eigenvalue weighted by atomic mass is 16.5. The summed E-state index contributed by atoms with van der Waals surface area (Å²) in [4.78, 5) is 24.8. The summed E-state index contributed by atoms with van der Waals surface area (Å²) < 4.78 is 15.5. The molecule has 0 aromatic heterocycles. The van der Waals surface area contributed by atoms with Crippen LogP contribution in [0.25, 0.3) is 0 Å². The fourth-order valence-corrected chi connectivity index (χ4v) is 2.52. The van der Waals surface area contributed by atoms with E-state index in [-0.39, 0.29) is 11.9 Å². The van der Waals surface area contributed by atoms with Gasteiger partial charge in [-0.3, -0.25) is 9.59 Å². The highest BCUT2D eigenvalue weighted by Crippen LogP contribution is 2.36. The highest BCUT2D eigenvalue weighted by molar-refractivity contribution is 5.85. The molecule has 2 unspecified atom stereocenters. The molecule has 0 bridgehead atoms. The van der Waals surface area contributed by atoms with Crippen molar-refractivity contribution in [3.63, 3.8) is 0 Å². The van der Waals surface area contributed by atoms with Crippen LogP contribution in [0.4, 0.5) is 0 Å². The van der Waals surface area contributed by atoms with Gasteiger partial charge >= 0.3 is 5.97 Å². The average Bonchev–Trinajstić information content (AvgIpc) is 2.74. The molecule has 0 aliphatic carbocycles. The first-order chi connectivity index (χ1) is 9.96. The third-order valence-corrected chi connectivity index (χ3v) is 3.59. The van der Waals surface area contributed by atoms with Crippen molar-refractivity contribution < 1.29 is 23.8 Å². The van der Waals surface area contributed by atoms with E-state index in [2.05, 4.69) is 0 Å². The van der Waals surface area contributed by atoms with Crippen molar-refractivity contribution in [2.24, 2.45) is 0 Å². The van der Waals surface area contributed by atoms with E-state index in [0.29, 0.717) is 17.9 Å². The predicted octanol–water partition coefficient (Wildman–Crippen LogP) is 1.54. The molecule has 1 aromatic carbocycles. The van der Waals surface area contributed by atoms with Gasteiger partial charge in [0.15, 0.2) is 6.10 Å². The number of carbonyl (C=O) groups is 2. The molecule has 1 aromatic rings. The van der Waals surface area contributed by atoms with Crippen molar-refractivity contribution in [2.45, 2.75) is 25.5 Å². The van der Waals surface area contributed by atoms with Gasteiger partial charge < -0.3 is 19.1 Å². The Labute approximate surface area is 123 Å². The minimum absolute atomic E-state index is 0.175. The second-order valence-electron chi connectivity index (χ2n) is 4.94. The number of hydrogen-bond donors (Lipinski definition) is 0. The minimum Gasteiger partial charge on any atom is -0.497 e. The standard InChI is InChI=1S/C15H19NO5/c1-9(17)21-14-8-13(16(2)15(14)18)10-5-11(19-3)7-12(6-10)20-4/h5-7,13-14H,8H2,1-4H3. The zero-order chi connectivity index (χ0) is 15.6. The SMILES string of the molecule is COc1cc(OC)cc(C2CC(OC(C)=O)C(=O)N2C)c1. The molecule has 1 fully saturated rings. The maximum atomic E-state index is 12.1. The molecule has 6 nitrogen and oxygen atoms in total. The van der Waals surface area contributed by atoms with Gasteiger partial charge in [0, 0.05) is 26.5 Å². The summed E-state index contributed by atoms with van der Waals surface area (Å²) >= 11 is 0. The lowest BCUT2D eigenvalue weighted by Gasteiger charge is -2.20. The average molecular weight is 293 g/mol. The van der Waals surface area contributed by atoms with Crippen molar-refractivity contribution in [3.8, 4) is 11.5 Å². The van der Waals surface area contributed by atoms with Crippen LogP contribution in [0.15, 0.2) is 18.2 Å². The molecule has 2 atom stereocenters. The van der Waals surface area contributed by atoms with E-state index in [9.17, 15) is 9.59 Å². The van der Waals surface area contributed by atoms with Gasteiger partial charge in [-0.15, -0.1) is 0 Å². The van der Waals surface area contributed by atoms with Gasteiger partial charge in [0.1, 0.15) is 11.5 Å². The zero-order valence-electron chi connectivity index (χ0n) is 12.6. The van der Waals surface area contributed by atoms with Crippen LogP contribution in [0.1, 0.15) is 24.9 Å². The molecule has 1 amide bonds. The van der Waals surface area contributed by atoms with E-state index in [1.165, 1.54) is 6.92 Å². The smallest absolute Gasteiger partial charge is 0.303 e. The number of carbonyl (C=O) groups excluding carboxylic acids is 2. The molecule has 0 radical (unpaired) electrons. The number of methoxy groups -OCH3 is 2. The molecule has 1 aliphatic rings. The van der Waals surface area contributed by atoms with Crippen LogP contribution >= 0.6 is 0 Å². The summed E-state index contributed by atoms with van der Waals surface area (Å²) in [6.07, 6.45) is -0.305. The summed E-state index contributed by atoms with van der Waals surface area (Å²) in [5.41, 5.74) is 0.886. The first kappa shape index (κ1) is 15.2. The lowest BCUT2D eigenvalue weighted by atomic mass is 10.0. The van der Waals surface area contributed by atoms with E-state index in [1.807, 2.05) is 12.1 Å². The number of benzene rings is 1. The molecular formula is C15H19NO5. The summed E-state index contributed by atoms with van der Waals surface area (Å²) in [5, 5.41) is 0. The van der Waals surface area contributed by atoms with Crippen molar-refractivity contribution in [1.82, 2.24) is 4.90 Å². The second kappa shape index (κ2) is 6.03. The summed E-state index contributed by atoms with van der Waals surface area (Å²) in [7, 11) is 4.84. The van der Waals surface area contributed by atoms with E-state index in [4.69, 9.17) is 14.2 Å². The lowest BCUT2D eigenvalue weighted by Crippen LogP contribution is -2.29. The van der Waals surface area contributed by atoms with E-state index in [0.717, 1.165) is 5.56 Å². The van der Waals surface area contributed by atoms with Crippen molar-refractivity contribution in [3.05, 3.63) is 23.8 Å². The highest BCUT2D eigenvalue weighted by Gasteiger charge is 2.40. The first-order valence-electron chi connectivity index (χ1n) is 6.63. The molecule has 114 valence electrons. The maximum Gasteiger partial charge on any atom is 0.303 e. The molecule has 6 heteroatoms. The van der Waals surface area contributed by atoms with Gasteiger partial charge in [0.25, 0.3) is 5.91 Å². The Morgan fingerprint density at radius 1 is 1.19 bits per heavy atom. The molecule has 1 aliphatic heterocycles. The number of amides is 1. The Morgan fingerprint density at radius 2 is 1.76 bits per heavy atom. The number of likely N-dealkylation sites (tertiary alicyclic amines) is 1. The van der Waals surface area contributed by atoms with Crippen LogP contribution in [-0.2, 0) is 14.3 Å². The van der Waals surface area contributed by atoms with Gasteiger partial charge in [0.05, 0.1) is 20.3 Å². The van der Waals surface area contributed by atoms with E-state index in [1.54, 1.807) is 32.2 Å². The number of nitrogens with zero attached hydrogens (tertiary/aromatic N) is 1. The fraction of sp³-hybridized carbons (Fsp3) is 0.467. The first-order valence-corrected chi connectivity index (χ1v) is 6.63. The summed E-state index contributed by atoms with van der Waals surface area (Å²) in [5.74, 6) is 0.657.